The van der Waals surface area contributed by atoms with Crippen LogP contribution in [0.5, 0.6) is 5.75 Å². The van der Waals surface area contributed by atoms with Crippen molar-refractivity contribution < 1.29 is 14.6 Å². The Kier molecular flexibility index (Phi) is 5.01. The van der Waals surface area contributed by atoms with Gasteiger partial charge in [0.1, 0.15) is 5.75 Å². The van der Waals surface area contributed by atoms with E-state index in [-0.39, 0.29) is 12.5 Å². The van der Waals surface area contributed by atoms with Gasteiger partial charge in [0.25, 0.3) is 0 Å². The number of carboxylic acids is 1. The second-order valence-corrected chi connectivity index (χ2v) is 5.61. The van der Waals surface area contributed by atoms with Crippen LogP contribution in [0.25, 0.3) is 10.9 Å². The third-order valence-electron chi connectivity index (χ3n) is 3.20. The zero-order chi connectivity index (χ0) is 15.4. The zero-order valence-corrected chi connectivity index (χ0v) is 13.5. The molecule has 2 aromatic rings. The highest BCUT2D eigenvalue weighted by molar-refractivity contribution is 9.10. The topological polar surface area (TPSA) is 71.5 Å². The number of aromatic nitrogens is 1. The summed E-state index contributed by atoms with van der Waals surface area (Å²) in [6.45, 7) is 1.95. The first-order chi connectivity index (χ1) is 10.0. The SMILES string of the molecule is COc1cc2cccnc2c(NC(C)CCC(=O)O)c1Br. The molecule has 1 heterocycles. The minimum absolute atomic E-state index is 0.00899. The van der Waals surface area contributed by atoms with Gasteiger partial charge in [0.15, 0.2) is 0 Å². The number of benzene rings is 1. The van der Waals surface area contributed by atoms with Crippen LogP contribution in [0.15, 0.2) is 28.9 Å². The largest absolute Gasteiger partial charge is 0.495 e. The van der Waals surface area contributed by atoms with E-state index in [1.54, 1.807) is 13.3 Å². The highest BCUT2D eigenvalue weighted by atomic mass is 79.9. The molecule has 0 aliphatic carbocycles. The molecule has 1 aromatic heterocycles. The molecule has 2 rings (SSSR count). The van der Waals surface area contributed by atoms with Crippen molar-refractivity contribution in [2.75, 3.05) is 12.4 Å². The van der Waals surface area contributed by atoms with E-state index in [1.807, 2.05) is 25.1 Å². The Morgan fingerprint density at radius 2 is 2.33 bits per heavy atom. The van der Waals surface area contributed by atoms with Crippen molar-refractivity contribution in [3.8, 4) is 5.75 Å². The third-order valence-corrected chi connectivity index (χ3v) is 3.99. The molecule has 2 N–H and O–H groups in total. The zero-order valence-electron chi connectivity index (χ0n) is 11.9. The first kappa shape index (κ1) is 15.6. The van der Waals surface area contributed by atoms with Gasteiger partial charge in [0.2, 0.25) is 0 Å². The van der Waals surface area contributed by atoms with Gasteiger partial charge in [-0.2, -0.15) is 0 Å². The van der Waals surface area contributed by atoms with Crippen LogP contribution in [0.1, 0.15) is 19.8 Å². The van der Waals surface area contributed by atoms with Crippen LogP contribution in [0, 0.1) is 0 Å². The second kappa shape index (κ2) is 6.76. The first-order valence-electron chi connectivity index (χ1n) is 6.62. The lowest BCUT2D eigenvalue weighted by Gasteiger charge is -2.18. The Hall–Kier alpha value is -1.82. The Morgan fingerprint density at radius 1 is 1.57 bits per heavy atom. The Labute approximate surface area is 131 Å². The molecule has 0 bridgehead atoms. The monoisotopic (exact) mass is 352 g/mol. The second-order valence-electron chi connectivity index (χ2n) is 4.82. The normalized spacial score (nSPS) is 12.1. The highest BCUT2D eigenvalue weighted by Crippen LogP contribution is 2.38. The van der Waals surface area contributed by atoms with Gasteiger partial charge in [-0.05, 0) is 41.4 Å². The summed E-state index contributed by atoms with van der Waals surface area (Å²) in [5.74, 6) is -0.0835. The number of aliphatic carboxylic acids is 1. The number of hydrogen-bond acceptors (Lipinski definition) is 4. The number of anilines is 1. The van der Waals surface area contributed by atoms with E-state index in [0.29, 0.717) is 12.2 Å². The summed E-state index contributed by atoms with van der Waals surface area (Å²) in [5, 5.41) is 13.1. The van der Waals surface area contributed by atoms with Crippen molar-refractivity contribution in [3.05, 3.63) is 28.9 Å². The smallest absolute Gasteiger partial charge is 0.303 e. The number of nitrogens with zero attached hydrogens (tertiary/aromatic N) is 1. The van der Waals surface area contributed by atoms with Crippen LogP contribution in [-0.4, -0.2) is 29.2 Å². The molecule has 0 spiro atoms. The average Bonchev–Trinajstić information content (AvgIpc) is 2.47. The van der Waals surface area contributed by atoms with Crippen LogP contribution in [0.4, 0.5) is 5.69 Å². The van der Waals surface area contributed by atoms with Crippen molar-refractivity contribution in [2.24, 2.45) is 0 Å². The Bertz CT molecular complexity index is 661. The van der Waals surface area contributed by atoms with Crippen LogP contribution in [-0.2, 0) is 4.79 Å². The van der Waals surface area contributed by atoms with Gasteiger partial charge in [-0.25, -0.2) is 0 Å². The fraction of sp³-hybridized carbons (Fsp3) is 0.333. The molecule has 0 saturated heterocycles. The van der Waals surface area contributed by atoms with Crippen LogP contribution >= 0.6 is 15.9 Å². The molecular formula is C15H17BrN2O3. The number of carboxylic acid groups (broad SMARTS) is 1. The number of ether oxygens (including phenoxy) is 1. The summed E-state index contributed by atoms with van der Waals surface area (Å²) in [5.41, 5.74) is 1.65. The van der Waals surface area contributed by atoms with Crippen molar-refractivity contribution >= 4 is 38.5 Å². The van der Waals surface area contributed by atoms with Crippen molar-refractivity contribution in [3.63, 3.8) is 0 Å². The van der Waals surface area contributed by atoms with Crippen molar-refractivity contribution in [1.29, 1.82) is 0 Å². The molecule has 0 amide bonds. The molecule has 0 fully saturated rings. The Morgan fingerprint density at radius 3 is 3.00 bits per heavy atom. The predicted molar refractivity (Wildman–Crippen MR) is 85.9 cm³/mol. The van der Waals surface area contributed by atoms with E-state index < -0.39 is 5.97 Å². The Balaban J connectivity index is 2.36. The van der Waals surface area contributed by atoms with Gasteiger partial charge < -0.3 is 15.2 Å². The molecule has 0 saturated carbocycles. The molecule has 1 unspecified atom stereocenters. The van der Waals surface area contributed by atoms with Gasteiger partial charge in [0.05, 0.1) is 22.8 Å². The maximum absolute atomic E-state index is 10.7. The van der Waals surface area contributed by atoms with E-state index in [4.69, 9.17) is 9.84 Å². The molecule has 6 heteroatoms. The molecule has 112 valence electrons. The van der Waals surface area contributed by atoms with Gasteiger partial charge in [-0.1, -0.05) is 6.07 Å². The van der Waals surface area contributed by atoms with E-state index >= 15 is 0 Å². The summed E-state index contributed by atoms with van der Waals surface area (Å²) < 4.78 is 6.15. The molecule has 0 aliphatic rings. The maximum atomic E-state index is 10.7. The highest BCUT2D eigenvalue weighted by Gasteiger charge is 2.15. The lowest BCUT2D eigenvalue weighted by atomic mass is 10.1. The molecule has 0 radical (unpaired) electrons. The molecule has 21 heavy (non-hydrogen) atoms. The summed E-state index contributed by atoms with van der Waals surface area (Å²) in [6.07, 6.45) is 2.39. The number of halogens is 1. The molecule has 5 nitrogen and oxygen atoms in total. The van der Waals surface area contributed by atoms with Gasteiger partial charge in [-0.3, -0.25) is 9.78 Å². The van der Waals surface area contributed by atoms with E-state index in [2.05, 4.69) is 26.2 Å². The predicted octanol–water partition coefficient (Wildman–Crippen LogP) is 3.67. The van der Waals surface area contributed by atoms with Crippen molar-refractivity contribution in [2.45, 2.75) is 25.8 Å². The lowest BCUT2D eigenvalue weighted by molar-refractivity contribution is -0.137. The first-order valence-corrected chi connectivity index (χ1v) is 7.41. The summed E-state index contributed by atoms with van der Waals surface area (Å²) in [6, 6.07) is 5.76. The van der Waals surface area contributed by atoms with Crippen LogP contribution in [0.3, 0.4) is 0 Å². The summed E-state index contributed by atoms with van der Waals surface area (Å²) in [7, 11) is 1.61. The lowest BCUT2D eigenvalue weighted by Crippen LogP contribution is -2.17. The molecule has 0 aliphatic heterocycles. The summed E-state index contributed by atoms with van der Waals surface area (Å²) >= 11 is 3.53. The summed E-state index contributed by atoms with van der Waals surface area (Å²) in [4.78, 5) is 15.1. The fourth-order valence-corrected chi connectivity index (χ4v) is 2.69. The van der Waals surface area contributed by atoms with Crippen LogP contribution in [0.2, 0.25) is 0 Å². The third kappa shape index (κ3) is 3.64. The van der Waals surface area contributed by atoms with Gasteiger partial charge in [0, 0.05) is 24.0 Å². The number of pyridine rings is 1. The average molecular weight is 353 g/mol. The van der Waals surface area contributed by atoms with Crippen LogP contribution < -0.4 is 10.1 Å². The van der Waals surface area contributed by atoms with E-state index in [0.717, 1.165) is 21.1 Å². The molecular weight excluding hydrogens is 336 g/mol. The van der Waals surface area contributed by atoms with E-state index in [1.165, 1.54) is 0 Å². The number of methoxy groups -OCH3 is 1. The van der Waals surface area contributed by atoms with E-state index in [9.17, 15) is 4.79 Å². The van der Waals surface area contributed by atoms with Gasteiger partial charge in [-0.15, -0.1) is 0 Å². The van der Waals surface area contributed by atoms with Crippen molar-refractivity contribution in [1.82, 2.24) is 4.98 Å². The molecule has 1 aromatic carbocycles. The van der Waals surface area contributed by atoms with Gasteiger partial charge >= 0.3 is 5.97 Å². The minimum atomic E-state index is -0.795. The minimum Gasteiger partial charge on any atom is -0.495 e. The fourth-order valence-electron chi connectivity index (χ4n) is 2.11. The maximum Gasteiger partial charge on any atom is 0.303 e. The standard InChI is InChI=1S/C15H17BrN2O3/c1-9(5-6-12(19)20)18-15-13(16)11(21-2)8-10-4-3-7-17-14(10)15/h3-4,7-9,18H,5-6H2,1-2H3,(H,19,20). The number of fused-ring (bicyclic) bond motifs is 1. The number of carbonyl (C=O) groups is 1. The quantitative estimate of drug-likeness (QED) is 0.829. The molecule has 1 atom stereocenters. The number of rotatable bonds is 6. The number of nitrogens with one attached hydrogen (secondary N) is 1. The number of hydrogen-bond donors (Lipinski definition) is 2.